The number of hydrogen-bond acceptors (Lipinski definition) is 4. The van der Waals surface area contributed by atoms with Crippen LogP contribution in [-0.2, 0) is 4.79 Å². The highest BCUT2D eigenvalue weighted by molar-refractivity contribution is 6.10. The smallest absolute Gasteiger partial charge is 0.497 e. The maximum atomic E-state index is 12.9. The predicted molar refractivity (Wildman–Crippen MR) is 117 cm³/mol. The Kier molecular flexibility index (Phi) is 7.34. The van der Waals surface area contributed by atoms with E-state index in [9.17, 15) is 22.8 Å². The lowest BCUT2D eigenvalue weighted by Gasteiger charge is -2.13. The van der Waals surface area contributed by atoms with E-state index in [0.29, 0.717) is 16.9 Å². The Morgan fingerprint density at radius 1 is 0.848 bits per heavy atom. The number of alkyl halides is 3. The van der Waals surface area contributed by atoms with Gasteiger partial charge in [-0.05, 0) is 60.2 Å². The molecule has 33 heavy (non-hydrogen) atoms. The molecule has 0 aliphatic rings. The van der Waals surface area contributed by atoms with Crippen LogP contribution in [0.25, 0.3) is 6.08 Å². The molecule has 0 radical (unpaired) electrons. The van der Waals surface area contributed by atoms with Crippen LogP contribution in [0, 0.1) is 0 Å². The van der Waals surface area contributed by atoms with Crippen molar-refractivity contribution in [2.24, 2.45) is 0 Å². The fourth-order valence-electron chi connectivity index (χ4n) is 2.75. The number of rotatable bonds is 7. The molecule has 0 bridgehead atoms. The van der Waals surface area contributed by atoms with Crippen molar-refractivity contribution in [1.82, 2.24) is 5.32 Å². The van der Waals surface area contributed by atoms with Crippen LogP contribution in [0.5, 0.6) is 11.5 Å². The van der Waals surface area contributed by atoms with Crippen LogP contribution < -0.4 is 20.1 Å². The second-order valence-electron chi connectivity index (χ2n) is 6.68. The van der Waals surface area contributed by atoms with Gasteiger partial charge in [0.2, 0.25) is 0 Å². The average molecular weight is 456 g/mol. The number of nitrogens with one attached hydrogen (secondary N) is 2. The van der Waals surface area contributed by atoms with E-state index in [1.807, 2.05) is 0 Å². The van der Waals surface area contributed by atoms with Crippen LogP contribution in [0.3, 0.4) is 0 Å². The number of halogens is 3. The van der Waals surface area contributed by atoms with Gasteiger partial charge in [0.25, 0.3) is 11.8 Å². The summed E-state index contributed by atoms with van der Waals surface area (Å²) in [6.07, 6.45) is -3.35. The second-order valence-corrected chi connectivity index (χ2v) is 6.68. The van der Waals surface area contributed by atoms with Crippen LogP contribution in [0.4, 0.5) is 18.9 Å². The van der Waals surface area contributed by atoms with Crippen molar-refractivity contribution in [2.75, 3.05) is 12.4 Å². The number of carbonyl (C=O) groups is 2. The number of carbonyl (C=O) groups excluding carboxylic acids is 2. The van der Waals surface area contributed by atoms with Gasteiger partial charge in [-0.25, -0.2) is 0 Å². The number of amides is 2. The van der Waals surface area contributed by atoms with Crippen molar-refractivity contribution >= 4 is 23.6 Å². The summed E-state index contributed by atoms with van der Waals surface area (Å²) in [4.78, 5) is 25.5. The van der Waals surface area contributed by atoms with Gasteiger partial charge in [0.1, 0.15) is 17.2 Å². The zero-order chi connectivity index (χ0) is 23.8. The van der Waals surface area contributed by atoms with Crippen molar-refractivity contribution in [1.29, 1.82) is 0 Å². The summed E-state index contributed by atoms with van der Waals surface area (Å²) in [5.74, 6) is -0.974. The Morgan fingerprint density at radius 3 is 2.03 bits per heavy atom. The summed E-state index contributed by atoms with van der Waals surface area (Å²) in [6, 6.07) is 19.7. The molecule has 0 unspecified atom stereocenters. The van der Waals surface area contributed by atoms with Crippen LogP contribution in [-0.4, -0.2) is 25.3 Å². The van der Waals surface area contributed by atoms with Gasteiger partial charge in [-0.2, -0.15) is 0 Å². The predicted octanol–water partition coefficient (Wildman–Crippen LogP) is 5.00. The van der Waals surface area contributed by atoms with Crippen molar-refractivity contribution < 1.29 is 32.2 Å². The first-order valence-electron chi connectivity index (χ1n) is 9.63. The number of hydrogen-bond donors (Lipinski definition) is 2. The minimum Gasteiger partial charge on any atom is -0.497 e. The Hall–Kier alpha value is -4.27. The second kappa shape index (κ2) is 10.4. The number of methoxy groups -OCH3 is 1. The molecule has 0 heterocycles. The molecule has 3 aromatic carbocycles. The molecule has 3 rings (SSSR count). The third kappa shape index (κ3) is 7.13. The van der Waals surface area contributed by atoms with Crippen molar-refractivity contribution in [3.8, 4) is 11.5 Å². The summed E-state index contributed by atoms with van der Waals surface area (Å²) in [7, 11) is 1.52. The van der Waals surface area contributed by atoms with Crippen molar-refractivity contribution in [2.45, 2.75) is 6.36 Å². The first-order valence-corrected chi connectivity index (χ1v) is 9.63. The fourth-order valence-corrected chi connectivity index (χ4v) is 2.75. The topological polar surface area (TPSA) is 76.7 Å². The Bertz CT molecular complexity index is 1130. The molecule has 0 saturated heterocycles. The maximum Gasteiger partial charge on any atom is 0.573 e. The molecule has 6 nitrogen and oxygen atoms in total. The average Bonchev–Trinajstić information content (AvgIpc) is 2.80. The molecule has 9 heteroatoms. The molecule has 0 aliphatic heterocycles. The van der Waals surface area contributed by atoms with Gasteiger partial charge >= 0.3 is 6.36 Å². The van der Waals surface area contributed by atoms with Gasteiger partial charge in [0, 0.05) is 11.3 Å². The third-order valence-electron chi connectivity index (χ3n) is 4.30. The van der Waals surface area contributed by atoms with E-state index in [1.54, 1.807) is 54.6 Å². The van der Waals surface area contributed by atoms with Crippen molar-refractivity contribution in [3.05, 3.63) is 95.7 Å². The number of benzene rings is 3. The number of ether oxygens (including phenoxy) is 2. The van der Waals surface area contributed by atoms with E-state index in [2.05, 4.69) is 15.4 Å². The van der Waals surface area contributed by atoms with Crippen LogP contribution in [0.2, 0.25) is 0 Å². The monoisotopic (exact) mass is 456 g/mol. The molecule has 2 N–H and O–H groups in total. The third-order valence-corrected chi connectivity index (χ3v) is 4.30. The van der Waals surface area contributed by atoms with E-state index in [0.717, 1.165) is 12.1 Å². The molecule has 3 aromatic rings. The summed E-state index contributed by atoms with van der Waals surface area (Å²) < 4.78 is 45.9. The molecule has 0 aromatic heterocycles. The minimum absolute atomic E-state index is 0.0652. The van der Waals surface area contributed by atoms with Crippen LogP contribution >= 0.6 is 0 Å². The molecule has 0 atom stereocenters. The Balaban J connectivity index is 1.82. The van der Waals surface area contributed by atoms with E-state index in [1.165, 1.54) is 25.3 Å². The molecular weight excluding hydrogens is 437 g/mol. The van der Waals surface area contributed by atoms with Gasteiger partial charge in [-0.1, -0.05) is 30.3 Å². The van der Waals surface area contributed by atoms with Crippen LogP contribution in [0.15, 0.2) is 84.6 Å². The zero-order valence-corrected chi connectivity index (χ0v) is 17.3. The number of anilines is 1. The van der Waals surface area contributed by atoms with E-state index >= 15 is 0 Å². The summed E-state index contributed by atoms with van der Waals surface area (Å²) >= 11 is 0. The standard InChI is InChI=1S/C24H19F3N2O4/c1-32-19-11-7-16(8-12-19)15-21(29-22(30)17-5-3-2-4-6-17)23(31)28-18-9-13-20(14-10-18)33-24(25,26)27/h2-15H,1H3,(H,28,31)(H,29,30). The van der Waals surface area contributed by atoms with E-state index in [4.69, 9.17) is 4.74 Å². The molecule has 170 valence electrons. The maximum absolute atomic E-state index is 12.9. The summed E-state index contributed by atoms with van der Waals surface area (Å²) in [5, 5.41) is 5.13. The Labute approximate surface area is 187 Å². The first-order chi connectivity index (χ1) is 15.7. The summed E-state index contributed by atoms with van der Waals surface area (Å²) in [6.45, 7) is 0. The van der Waals surface area contributed by atoms with Crippen LogP contribution in [0.1, 0.15) is 15.9 Å². The van der Waals surface area contributed by atoms with E-state index in [-0.39, 0.29) is 11.4 Å². The lowest BCUT2D eigenvalue weighted by molar-refractivity contribution is -0.274. The normalized spacial score (nSPS) is 11.5. The lowest BCUT2D eigenvalue weighted by atomic mass is 10.1. The van der Waals surface area contributed by atoms with Gasteiger partial charge < -0.3 is 20.1 Å². The highest BCUT2D eigenvalue weighted by Crippen LogP contribution is 2.24. The largest absolute Gasteiger partial charge is 0.573 e. The summed E-state index contributed by atoms with van der Waals surface area (Å²) in [5.41, 5.74) is 1.11. The highest BCUT2D eigenvalue weighted by Gasteiger charge is 2.31. The van der Waals surface area contributed by atoms with Gasteiger partial charge in [0.05, 0.1) is 7.11 Å². The van der Waals surface area contributed by atoms with Gasteiger partial charge in [-0.15, -0.1) is 13.2 Å². The first kappa shape index (κ1) is 23.4. The van der Waals surface area contributed by atoms with Gasteiger partial charge in [0.15, 0.2) is 0 Å². The zero-order valence-electron chi connectivity index (χ0n) is 17.3. The SMILES string of the molecule is COc1ccc(C=C(NC(=O)c2ccccc2)C(=O)Nc2ccc(OC(F)(F)F)cc2)cc1. The molecule has 0 aliphatic carbocycles. The molecule has 0 saturated carbocycles. The fraction of sp³-hybridized carbons (Fsp3) is 0.0833. The lowest BCUT2D eigenvalue weighted by Crippen LogP contribution is -2.30. The Morgan fingerprint density at radius 2 is 1.45 bits per heavy atom. The quantitative estimate of drug-likeness (QED) is 0.491. The van der Waals surface area contributed by atoms with Gasteiger partial charge in [-0.3, -0.25) is 9.59 Å². The van der Waals surface area contributed by atoms with Crippen molar-refractivity contribution in [3.63, 3.8) is 0 Å². The molecule has 0 spiro atoms. The molecular formula is C24H19F3N2O4. The molecule has 0 fully saturated rings. The molecule has 2 amide bonds. The minimum atomic E-state index is -4.82. The van der Waals surface area contributed by atoms with E-state index < -0.39 is 23.9 Å². The highest BCUT2D eigenvalue weighted by atomic mass is 19.4.